The molecule has 4 rings (SSSR count). The number of nitrogens with zero attached hydrogens (tertiary/aromatic N) is 2. The standard InChI is InChI=1S/C23H32N2O4S/c1-3-18-8-6-7-13-25(18)30(28,29)21-14-17(12-11-16(21)2)15-24-22(26)19-9-4-5-10-20(19)23(24)27/h11-12,14,18-20H,3-10,13,15H2,1-2H3/t18-,19-,20+/m0/s1. The second kappa shape index (κ2) is 8.42. The summed E-state index contributed by atoms with van der Waals surface area (Å²) in [7, 11) is -3.61. The fourth-order valence-electron chi connectivity index (χ4n) is 5.41. The van der Waals surface area contributed by atoms with E-state index in [1.807, 2.05) is 19.9 Å². The third-order valence-corrected chi connectivity index (χ3v) is 9.25. The van der Waals surface area contributed by atoms with Crippen LogP contribution in [0, 0.1) is 18.8 Å². The van der Waals surface area contributed by atoms with E-state index in [0.29, 0.717) is 22.6 Å². The van der Waals surface area contributed by atoms with Crippen LogP contribution in [0.2, 0.25) is 0 Å². The molecule has 3 fully saturated rings. The maximum Gasteiger partial charge on any atom is 0.243 e. The van der Waals surface area contributed by atoms with Crippen LogP contribution in [-0.4, -0.2) is 42.0 Å². The summed E-state index contributed by atoms with van der Waals surface area (Å²) in [5.41, 5.74) is 1.40. The number of imide groups is 1. The molecule has 0 unspecified atom stereocenters. The molecule has 164 valence electrons. The van der Waals surface area contributed by atoms with E-state index in [1.54, 1.807) is 16.4 Å². The summed E-state index contributed by atoms with van der Waals surface area (Å²) in [6, 6.07) is 5.35. The molecule has 0 spiro atoms. The van der Waals surface area contributed by atoms with Crippen LogP contribution in [-0.2, 0) is 26.2 Å². The number of benzene rings is 1. The van der Waals surface area contributed by atoms with E-state index in [1.165, 1.54) is 4.90 Å². The van der Waals surface area contributed by atoms with Crippen molar-refractivity contribution in [1.82, 2.24) is 9.21 Å². The van der Waals surface area contributed by atoms with Crippen LogP contribution in [0.15, 0.2) is 23.1 Å². The Bertz CT molecular complexity index is 919. The molecule has 7 heteroatoms. The number of carbonyl (C=O) groups is 2. The predicted octanol–water partition coefficient (Wildman–Crippen LogP) is 3.62. The van der Waals surface area contributed by atoms with Gasteiger partial charge in [0.15, 0.2) is 0 Å². The van der Waals surface area contributed by atoms with Gasteiger partial charge in [0.1, 0.15) is 0 Å². The second-order valence-electron chi connectivity index (χ2n) is 9.03. The van der Waals surface area contributed by atoms with Gasteiger partial charge >= 0.3 is 0 Å². The van der Waals surface area contributed by atoms with Gasteiger partial charge in [-0.3, -0.25) is 14.5 Å². The Kier molecular flexibility index (Phi) is 6.04. The molecule has 3 aliphatic rings. The largest absolute Gasteiger partial charge is 0.278 e. The summed E-state index contributed by atoms with van der Waals surface area (Å²) in [6.07, 6.45) is 7.20. The lowest BCUT2D eigenvalue weighted by Gasteiger charge is -2.34. The summed E-state index contributed by atoms with van der Waals surface area (Å²) >= 11 is 0. The minimum atomic E-state index is -3.61. The van der Waals surface area contributed by atoms with Gasteiger partial charge in [-0.25, -0.2) is 8.42 Å². The number of hydrogen-bond donors (Lipinski definition) is 0. The molecule has 2 amide bonds. The second-order valence-corrected chi connectivity index (χ2v) is 10.9. The molecule has 0 aromatic heterocycles. The molecule has 2 saturated heterocycles. The number of aryl methyl sites for hydroxylation is 1. The monoisotopic (exact) mass is 432 g/mol. The fraction of sp³-hybridized carbons (Fsp3) is 0.652. The molecule has 0 bridgehead atoms. The SMILES string of the molecule is CC[C@H]1CCCCN1S(=O)(=O)c1cc(CN2C(=O)[C@H]3CCCC[C@H]3C2=O)ccc1C. The molecule has 0 N–H and O–H groups in total. The third-order valence-electron chi connectivity index (χ3n) is 7.16. The first kappa shape index (κ1) is 21.5. The summed E-state index contributed by atoms with van der Waals surface area (Å²) in [5.74, 6) is -0.536. The molecule has 0 radical (unpaired) electrons. The van der Waals surface area contributed by atoms with Gasteiger partial charge in [-0.05, 0) is 56.2 Å². The third kappa shape index (κ3) is 3.71. The van der Waals surface area contributed by atoms with Crippen molar-refractivity contribution in [3.8, 4) is 0 Å². The van der Waals surface area contributed by atoms with Gasteiger partial charge in [-0.15, -0.1) is 0 Å². The minimum Gasteiger partial charge on any atom is -0.278 e. The van der Waals surface area contributed by atoms with E-state index < -0.39 is 10.0 Å². The molecule has 2 aliphatic heterocycles. The zero-order valence-corrected chi connectivity index (χ0v) is 18.8. The number of sulfonamides is 1. The highest BCUT2D eigenvalue weighted by molar-refractivity contribution is 7.89. The quantitative estimate of drug-likeness (QED) is 0.666. The Labute approximate surface area is 179 Å². The first-order valence-corrected chi connectivity index (χ1v) is 12.7. The van der Waals surface area contributed by atoms with Crippen LogP contribution < -0.4 is 0 Å². The van der Waals surface area contributed by atoms with Gasteiger partial charge in [0.05, 0.1) is 23.3 Å². The molecule has 6 nitrogen and oxygen atoms in total. The Morgan fingerprint density at radius 1 is 0.967 bits per heavy atom. The normalized spacial score (nSPS) is 28.1. The zero-order chi connectivity index (χ0) is 21.5. The van der Waals surface area contributed by atoms with Crippen LogP contribution in [0.3, 0.4) is 0 Å². The van der Waals surface area contributed by atoms with Crippen molar-refractivity contribution in [2.24, 2.45) is 11.8 Å². The van der Waals surface area contributed by atoms with Crippen molar-refractivity contribution in [2.75, 3.05) is 6.54 Å². The lowest BCUT2D eigenvalue weighted by molar-refractivity contribution is -0.140. The molecule has 1 aromatic rings. The van der Waals surface area contributed by atoms with Crippen LogP contribution in [0.4, 0.5) is 0 Å². The van der Waals surface area contributed by atoms with Gasteiger partial charge in [-0.2, -0.15) is 4.31 Å². The van der Waals surface area contributed by atoms with Gasteiger partial charge in [0.2, 0.25) is 21.8 Å². The van der Waals surface area contributed by atoms with E-state index >= 15 is 0 Å². The molecule has 2 heterocycles. The van der Waals surface area contributed by atoms with Crippen molar-refractivity contribution in [2.45, 2.75) is 82.7 Å². The number of rotatable bonds is 5. The van der Waals surface area contributed by atoms with E-state index in [4.69, 9.17) is 0 Å². The van der Waals surface area contributed by atoms with Crippen molar-refractivity contribution in [3.63, 3.8) is 0 Å². The molecule has 30 heavy (non-hydrogen) atoms. The van der Waals surface area contributed by atoms with Crippen molar-refractivity contribution in [1.29, 1.82) is 0 Å². The summed E-state index contributed by atoms with van der Waals surface area (Å²) in [6.45, 7) is 4.55. The van der Waals surface area contributed by atoms with Crippen molar-refractivity contribution < 1.29 is 18.0 Å². The highest BCUT2D eigenvalue weighted by Gasteiger charge is 2.48. The highest BCUT2D eigenvalue weighted by Crippen LogP contribution is 2.39. The Balaban J connectivity index is 1.61. The Morgan fingerprint density at radius 2 is 1.60 bits per heavy atom. The number of fused-ring (bicyclic) bond motifs is 1. The molecule has 1 aliphatic carbocycles. The van der Waals surface area contributed by atoms with Crippen LogP contribution >= 0.6 is 0 Å². The Hall–Kier alpha value is -1.73. The predicted molar refractivity (Wildman–Crippen MR) is 114 cm³/mol. The molecule has 1 saturated carbocycles. The van der Waals surface area contributed by atoms with E-state index in [2.05, 4.69) is 0 Å². The maximum atomic E-state index is 13.5. The fourth-order valence-corrected chi connectivity index (χ4v) is 7.46. The zero-order valence-electron chi connectivity index (χ0n) is 18.0. The van der Waals surface area contributed by atoms with Gasteiger partial charge in [0, 0.05) is 12.6 Å². The lowest BCUT2D eigenvalue weighted by Crippen LogP contribution is -2.43. The number of hydrogen-bond acceptors (Lipinski definition) is 4. The van der Waals surface area contributed by atoms with Crippen LogP contribution in [0.25, 0.3) is 0 Å². The maximum absolute atomic E-state index is 13.5. The molecular formula is C23H32N2O4S. The first-order chi connectivity index (χ1) is 14.3. The lowest BCUT2D eigenvalue weighted by atomic mass is 9.81. The molecule has 1 aromatic carbocycles. The van der Waals surface area contributed by atoms with E-state index in [9.17, 15) is 18.0 Å². The Morgan fingerprint density at radius 3 is 2.23 bits per heavy atom. The number of amides is 2. The van der Waals surface area contributed by atoms with Crippen molar-refractivity contribution >= 4 is 21.8 Å². The average Bonchev–Trinajstić information content (AvgIpc) is 3.00. The summed E-state index contributed by atoms with van der Waals surface area (Å²) in [4.78, 5) is 27.3. The topological polar surface area (TPSA) is 74.8 Å². The first-order valence-electron chi connectivity index (χ1n) is 11.3. The molecular weight excluding hydrogens is 400 g/mol. The van der Waals surface area contributed by atoms with Gasteiger partial charge in [0.25, 0.3) is 0 Å². The van der Waals surface area contributed by atoms with Crippen LogP contribution in [0.1, 0.15) is 69.4 Å². The average molecular weight is 433 g/mol. The number of likely N-dealkylation sites (tertiary alicyclic amines) is 1. The number of carbonyl (C=O) groups excluding carboxylic acids is 2. The van der Waals surface area contributed by atoms with Crippen LogP contribution in [0.5, 0.6) is 0 Å². The van der Waals surface area contributed by atoms with Gasteiger partial charge < -0.3 is 0 Å². The summed E-state index contributed by atoms with van der Waals surface area (Å²) in [5, 5.41) is 0. The van der Waals surface area contributed by atoms with E-state index in [-0.39, 0.29) is 36.2 Å². The molecule has 3 atom stereocenters. The minimum absolute atomic E-state index is 0.0386. The number of piperidine rings is 1. The van der Waals surface area contributed by atoms with Gasteiger partial charge in [-0.1, -0.05) is 38.3 Å². The highest BCUT2D eigenvalue weighted by atomic mass is 32.2. The summed E-state index contributed by atoms with van der Waals surface area (Å²) < 4.78 is 28.6. The van der Waals surface area contributed by atoms with Crippen molar-refractivity contribution in [3.05, 3.63) is 29.3 Å². The smallest absolute Gasteiger partial charge is 0.243 e. The van der Waals surface area contributed by atoms with E-state index in [0.717, 1.165) is 51.4 Å².